The first kappa shape index (κ1) is 18.2. The molecule has 2 saturated carbocycles. The van der Waals surface area contributed by atoms with Gasteiger partial charge in [-0.25, -0.2) is 0 Å². The van der Waals surface area contributed by atoms with E-state index in [0.717, 1.165) is 0 Å². The molecule has 0 aromatic heterocycles. The van der Waals surface area contributed by atoms with Crippen molar-refractivity contribution in [1.82, 2.24) is 0 Å². The van der Waals surface area contributed by atoms with Gasteiger partial charge in [0.05, 0.1) is 5.92 Å². The summed E-state index contributed by atoms with van der Waals surface area (Å²) in [6.45, 7) is 4.51. The van der Waals surface area contributed by atoms with Crippen LogP contribution in [0.2, 0.25) is 0 Å². The smallest absolute Gasteiger partial charge is 0.298 e. The summed E-state index contributed by atoms with van der Waals surface area (Å²) in [6.07, 6.45) is -6.15. The molecule has 9 heteroatoms. The molecular weight excluding hydrogens is 333 g/mol. The molecule has 23 heavy (non-hydrogen) atoms. The molecule has 132 valence electrons. The quantitative estimate of drug-likeness (QED) is 0.570. The van der Waals surface area contributed by atoms with Crippen molar-refractivity contribution in [3.05, 3.63) is 0 Å². The van der Waals surface area contributed by atoms with Crippen molar-refractivity contribution in [1.29, 1.82) is 0 Å². The van der Waals surface area contributed by atoms with Crippen molar-refractivity contribution in [3.63, 3.8) is 0 Å². The number of fused-ring (bicyclic) bond motifs is 2. The van der Waals surface area contributed by atoms with Gasteiger partial charge in [-0.05, 0) is 24.2 Å². The molecule has 0 aromatic carbocycles. The number of Topliss-reactive ketones (excluding diaryl/α,β-unsaturated/α-hetero) is 2. The number of hydrogen-bond acceptors (Lipinski definition) is 2. The summed E-state index contributed by atoms with van der Waals surface area (Å²) in [6, 6.07) is 0. The number of halogens is 7. The summed E-state index contributed by atoms with van der Waals surface area (Å²) in [7, 11) is 0. The van der Waals surface area contributed by atoms with E-state index >= 15 is 0 Å². The van der Waals surface area contributed by atoms with E-state index in [2.05, 4.69) is 0 Å². The van der Waals surface area contributed by atoms with Crippen LogP contribution in [0.3, 0.4) is 0 Å². The zero-order valence-electron chi connectivity index (χ0n) is 12.5. The molecule has 2 aliphatic rings. The average Bonchev–Trinajstić information content (AvgIpc) is 2.68. The third-order valence-corrected chi connectivity index (χ3v) is 5.88. The van der Waals surface area contributed by atoms with Crippen LogP contribution in [0.25, 0.3) is 0 Å². The van der Waals surface area contributed by atoms with E-state index in [9.17, 15) is 40.3 Å². The zero-order valence-corrected chi connectivity index (χ0v) is 12.5. The molecule has 0 N–H and O–H groups in total. The number of rotatable bonds is 3. The Morgan fingerprint density at radius 1 is 1.04 bits per heavy atom. The molecule has 0 radical (unpaired) electrons. The van der Waals surface area contributed by atoms with Gasteiger partial charge in [0.25, 0.3) is 0 Å². The summed E-state index contributed by atoms with van der Waals surface area (Å²) in [5, 5.41) is 0. The predicted octanol–water partition coefficient (Wildman–Crippen LogP) is 4.03. The van der Waals surface area contributed by atoms with Crippen molar-refractivity contribution in [3.8, 4) is 0 Å². The Bertz CT molecular complexity index is 564. The topological polar surface area (TPSA) is 34.1 Å². The highest BCUT2D eigenvalue weighted by molar-refractivity contribution is 6.10. The van der Waals surface area contributed by atoms with Gasteiger partial charge in [0.1, 0.15) is 5.78 Å². The van der Waals surface area contributed by atoms with Crippen molar-refractivity contribution in [2.45, 2.75) is 51.6 Å². The molecule has 0 aliphatic heterocycles. The highest BCUT2D eigenvalue weighted by Gasteiger charge is 2.79. The van der Waals surface area contributed by atoms with Gasteiger partial charge in [-0.3, -0.25) is 9.59 Å². The minimum atomic E-state index is -6.59. The van der Waals surface area contributed by atoms with E-state index in [1.54, 1.807) is 0 Å². The molecule has 2 nitrogen and oxygen atoms in total. The second-order valence-electron chi connectivity index (χ2n) is 7.05. The van der Waals surface area contributed by atoms with E-state index in [1.165, 1.54) is 20.8 Å². The third kappa shape index (κ3) is 1.94. The van der Waals surface area contributed by atoms with E-state index in [4.69, 9.17) is 0 Å². The largest absolute Gasteiger partial charge is 0.460 e. The third-order valence-electron chi connectivity index (χ3n) is 5.88. The number of hydrogen-bond donors (Lipinski definition) is 0. The second kappa shape index (κ2) is 4.47. The number of ketones is 2. The molecule has 2 aliphatic carbocycles. The molecule has 1 unspecified atom stereocenters. The van der Waals surface area contributed by atoms with Gasteiger partial charge >= 0.3 is 18.0 Å². The second-order valence-corrected chi connectivity index (χ2v) is 7.05. The first-order valence-corrected chi connectivity index (χ1v) is 6.94. The molecule has 2 rings (SSSR count). The van der Waals surface area contributed by atoms with Crippen LogP contribution in [-0.2, 0) is 9.59 Å². The van der Waals surface area contributed by atoms with Crippen LogP contribution in [0.4, 0.5) is 30.7 Å². The van der Waals surface area contributed by atoms with Gasteiger partial charge < -0.3 is 0 Å². The molecule has 2 fully saturated rings. The van der Waals surface area contributed by atoms with E-state index in [-0.39, 0.29) is 12.8 Å². The number of alkyl halides is 7. The summed E-state index contributed by atoms with van der Waals surface area (Å²) in [5.74, 6) is -19.2. The Hall–Kier alpha value is -1.15. The summed E-state index contributed by atoms with van der Waals surface area (Å²) < 4.78 is 90.1. The SMILES string of the molecule is CC1(C)[C@H]2CC[C@@]1(C)C(=O)C2C(=O)C(F)(F)C(F)(F)C(F)(F)F. The summed E-state index contributed by atoms with van der Waals surface area (Å²) >= 11 is 0. The van der Waals surface area contributed by atoms with Crippen LogP contribution >= 0.6 is 0 Å². The predicted molar refractivity (Wildman–Crippen MR) is 64.1 cm³/mol. The number of carbonyl (C=O) groups excluding carboxylic acids is 2. The Morgan fingerprint density at radius 2 is 1.52 bits per heavy atom. The average molecular weight is 348 g/mol. The first-order valence-electron chi connectivity index (χ1n) is 6.94. The van der Waals surface area contributed by atoms with Gasteiger partial charge in [-0.1, -0.05) is 20.8 Å². The zero-order chi connectivity index (χ0) is 18.2. The minimum Gasteiger partial charge on any atom is -0.298 e. The summed E-state index contributed by atoms with van der Waals surface area (Å²) in [5.41, 5.74) is -2.10. The van der Waals surface area contributed by atoms with Gasteiger partial charge in [-0.15, -0.1) is 0 Å². The maximum absolute atomic E-state index is 13.6. The summed E-state index contributed by atoms with van der Waals surface area (Å²) in [4.78, 5) is 24.1. The maximum Gasteiger partial charge on any atom is 0.460 e. The molecule has 2 bridgehead atoms. The molecule has 0 saturated heterocycles. The molecule has 0 heterocycles. The molecule has 0 amide bonds. The lowest BCUT2D eigenvalue weighted by atomic mass is 9.70. The molecular formula is C14H15F7O2. The fraction of sp³-hybridized carbons (Fsp3) is 0.857. The normalized spacial score (nSPS) is 34.1. The van der Waals surface area contributed by atoms with E-state index in [0.29, 0.717) is 0 Å². The lowest BCUT2D eigenvalue weighted by molar-refractivity contribution is -0.344. The maximum atomic E-state index is 13.6. The van der Waals surface area contributed by atoms with Crippen LogP contribution < -0.4 is 0 Å². The highest BCUT2D eigenvalue weighted by atomic mass is 19.4. The van der Waals surface area contributed by atoms with Crippen molar-refractivity contribution < 1.29 is 40.3 Å². The van der Waals surface area contributed by atoms with Gasteiger partial charge in [0.15, 0.2) is 0 Å². The standard InChI is InChI=1S/C14H15F7O2/c1-10(2)6-4-5-11(10,3)8(22)7(6)9(23)12(15,16)13(17,18)14(19,20)21/h6-7H,4-5H2,1-3H3/t6-,7?,11-/m0/s1. The van der Waals surface area contributed by atoms with Crippen molar-refractivity contribution in [2.24, 2.45) is 22.7 Å². The Kier molecular flexibility index (Phi) is 3.54. The van der Waals surface area contributed by atoms with E-state index in [1.807, 2.05) is 0 Å². The first-order chi connectivity index (χ1) is 10.0. The highest BCUT2D eigenvalue weighted by Crippen LogP contribution is 2.66. The van der Waals surface area contributed by atoms with E-state index < -0.39 is 52.3 Å². The van der Waals surface area contributed by atoms with Crippen molar-refractivity contribution >= 4 is 11.6 Å². The molecule has 3 atom stereocenters. The molecule has 0 spiro atoms. The lowest BCUT2D eigenvalue weighted by Crippen LogP contribution is -2.59. The monoisotopic (exact) mass is 348 g/mol. The number of carbonyl (C=O) groups is 2. The lowest BCUT2D eigenvalue weighted by Gasteiger charge is -2.32. The molecule has 0 aromatic rings. The minimum absolute atomic E-state index is 0.152. The van der Waals surface area contributed by atoms with Gasteiger partial charge in [0, 0.05) is 5.41 Å². The van der Waals surface area contributed by atoms with Crippen LogP contribution in [0.5, 0.6) is 0 Å². The Morgan fingerprint density at radius 3 is 1.87 bits per heavy atom. The Labute approximate surface area is 127 Å². The van der Waals surface area contributed by atoms with Crippen molar-refractivity contribution in [2.75, 3.05) is 0 Å². The van der Waals surface area contributed by atoms with Crippen LogP contribution in [0, 0.1) is 22.7 Å². The van der Waals surface area contributed by atoms with Crippen LogP contribution in [0.1, 0.15) is 33.6 Å². The van der Waals surface area contributed by atoms with Gasteiger partial charge in [-0.2, -0.15) is 30.7 Å². The fourth-order valence-corrected chi connectivity index (χ4v) is 3.92. The van der Waals surface area contributed by atoms with Gasteiger partial charge in [0.2, 0.25) is 5.78 Å². The van der Waals surface area contributed by atoms with Crippen LogP contribution in [-0.4, -0.2) is 29.6 Å². The Balaban J connectivity index is 2.45. The fourth-order valence-electron chi connectivity index (χ4n) is 3.92. The van der Waals surface area contributed by atoms with Crippen LogP contribution in [0.15, 0.2) is 0 Å².